The van der Waals surface area contributed by atoms with E-state index in [4.69, 9.17) is 27.9 Å². The van der Waals surface area contributed by atoms with Gasteiger partial charge < -0.3 is 15.0 Å². The van der Waals surface area contributed by atoms with Crippen molar-refractivity contribution < 1.29 is 22.7 Å². The monoisotopic (exact) mass is 633 g/mol. The molecule has 8 nitrogen and oxygen atoms in total. The second kappa shape index (κ2) is 15.3. The van der Waals surface area contributed by atoms with Gasteiger partial charge in [0.25, 0.3) is 10.0 Å². The molecule has 42 heavy (non-hydrogen) atoms. The van der Waals surface area contributed by atoms with E-state index in [1.165, 1.54) is 17.0 Å². The number of nitrogens with zero attached hydrogens (tertiary/aromatic N) is 2. The van der Waals surface area contributed by atoms with Gasteiger partial charge in [-0.3, -0.25) is 13.9 Å². The molecule has 0 saturated heterocycles. The molecular formula is C31H37Cl2N3O5S. The van der Waals surface area contributed by atoms with Crippen molar-refractivity contribution in [1.82, 2.24) is 10.2 Å². The van der Waals surface area contributed by atoms with Crippen LogP contribution in [0, 0.1) is 6.92 Å². The van der Waals surface area contributed by atoms with E-state index >= 15 is 0 Å². The second-order valence-corrected chi connectivity index (χ2v) is 12.5. The van der Waals surface area contributed by atoms with Gasteiger partial charge in [0.1, 0.15) is 18.3 Å². The van der Waals surface area contributed by atoms with E-state index in [9.17, 15) is 18.0 Å². The van der Waals surface area contributed by atoms with Gasteiger partial charge >= 0.3 is 0 Å². The van der Waals surface area contributed by atoms with Gasteiger partial charge in [0.15, 0.2) is 0 Å². The summed E-state index contributed by atoms with van der Waals surface area (Å²) in [7, 11) is -4.23. The lowest BCUT2D eigenvalue weighted by Crippen LogP contribution is -2.51. The average molecular weight is 635 g/mol. The molecule has 3 aromatic carbocycles. The minimum Gasteiger partial charge on any atom is -0.492 e. The number of sulfonamides is 1. The lowest BCUT2D eigenvalue weighted by atomic mass is 10.1. The number of benzene rings is 3. The van der Waals surface area contributed by atoms with Gasteiger partial charge in [-0.1, -0.05) is 72.4 Å². The number of para-hydroxylation sites is 2. The van der Waals surface area contributed by atoms with Crippen molar-refractivity contribution in [2.24, 2.45) is 0 Å². The summed E-state index contributed by atoms with van der Waals surface area (Å²) in [6, 6.07) is 17.0. The number of unbranched alkanes of at least 4 members (excludes halogenated alkanes) is 1. The summed E-state index contributed by atoms with van der Waals surface area (Å²) in [5.74, 6) is -0.646. The smallest absolute Gasteiger partial charge is 0.264 e. The van der Waals surface area contributed by atoms with Crippen molar-refractivity contribution in [2.75, 3.05) is 24.0 Å². The number of carbonyl (C=O) groups is 2. The Morgan fingerprint density at radius 2 is 1.69 bits per heavy atom. The quantitative estimate of drug-likeness (QED) is 0.212. The topological polar surface area (TPSA) is 96.0 Å². The van der Waals surface area contributed by atoms with Crippen molar-refractivity contribution in [1.29, 1.82) is 0 Å². The molecule has 1 atom stereocenters. The normalized spacial score (nSPS) is 12.0. The summed E-state index contributed by atoms with van der Waals surface area (Å²) in [6.45, 7) is 7.39. The number of hydrogen-bond donors (Lipinski definition) is 1. The van der Waals surface area contributed by atoms with E-state index in [0.29, 0.717) is 34.5 Å². The predicted molar refractivity (Wildman–Crippen MR) is 168 cm³/mol. The molecule has 3 rings (SSSR count). The molecular weight excluding hydrogens is 597 g/mol. The Morgan fingerprint density at radius 1 is 1.00 bits per heavy atom. The minimum absolute atomic E-state index is 0.0184. The van der Waals surface area contributed by atoms with Gasteiger partial charge in [-0.2, -0.15) is 0 Å². The molecule has 0 aliphatic carbocycles. The van der Waals surface area contributed by atoms with Crippen molar-refractivity contribution in [3.8, 4) is 5.75 Å². The van der Waals surface area contributed by atoms with Crippen LogP contribution in [-0.2, 0) is 26.2 Å². The van der Waals surface area contributed by atoms with E-state index in [-0.39, 0.29) is 23.0 Å². The first-order valence-electron chi connectivity index (χ1n) is 13.8. The van der Waals surface area contributed by atoms with E-state index in [1.807, 2.05) is 13.8 Å². The fourth-order valence-corrected chi connectivity index (χ4v) is 6.14. The highest BCUT2D eigenvalue weighted by molar-refractivity contribution is 7.92. The van der Waals surface area contributed by atoms with E-state index in [1.54, 1.807) is 68.4 Å². The summed E-state index contributed by atoms with van der Waals surface area (Å²) in [6.07, 6.45) is 1.68. The zero-order valence-corrected chi connectivity index (χ0v) is 26.6. The number of aryl methyl sites for hydroxylation is 1. The summed E-state index contributed by atoms with van der Waals surface area (Å²) >= 11 is 12.5. The fourth-order valence-electron chi connectivity index (χ4n) is 4.24. The number of carbonyl (C=O) groups excluding carboxylic acids is 2. The summed E-state index contributed by atoms with van der Waals surface area (Å²) < 4.78 is 34.9. The lowest BCUT2D eigenvalue weighted by Gasteiger charge is -2.32. The maximum atomic E-state index is 14.1. The largest absolute Gasteiger partial charge is 0.492 e. The summed E-state index contributed by atoms with van der Waals surface area (Å²) in [5, 5.41) is 3.61. The first-order valence-corrected chi connectivity index (χ1v) is 16.0. The van der Waals surface area contributed by atoms with Crippen molar-refractivity contribution >= 4 is 50.7 Å². The van der Waals surface area contributed by atoms with Crippen LogP contribution in [0.2, 0.25) is 10.0 Å². The van der Waals surface area contributed by atoms with Crippen LogP contribution in [0.4, 0.5) is 5.69 Å². The number of hydrogen-bond acceptors (Lipinski definition) is 5. The van der Waals surface area contributed by atoms with Gasteiger partial charge in [0.05, 0.1) is 17.2 Å². The highest BCUT2D eigenvalue weighted by Crippen LogP contribution is 2.33. The molecule has 3 aromatic rings. The van der Waals surface area contributed by atoms with Crippen LogP contribution in [0.25, 0.3) is 0 Å². The summed E-state index contributed by atoms with van der Waals surface area (Å²) in [4.78, 5) is 28.6. The van der Waals surface area contributed by atoms with E-state index in [0.717, 1.165) is 22.7 Å². The molecule has 2 amide bonds. The second-order valence-electron chi connectivity index (χ2n) is 9.80. The number of rotatable bonds is 14. The molecule has 0 aliphatic heterocycles. The lowest BCUT2D eigenvalue weighted by molar-refractivity contribution is -0.139. The molecule has 0 heterocycles. The average Bonchev–Trinajstić information content (AvgIpc) is 2.96. The molecule has 226 valence electrons. The maximum absolute atomic E-state index is 14.1. The van der Waals surface area contributed by atoms with Crippen molar-refractivity contribution in [2.45, 2.75) is 58.0 Å². The number of amides is 2. The SMILES string of the molecule is CCCCNC(=O)C(C)N(Cc1ccc(Cl)cc1Cl)C(=O)CN(c1ccccc1OCC)S(=O)(=O)c1ccc(C)cc1. The molecule has 1 unspecified atom stereocenters. The van der Waals surface area contributed by atoms with Crippen LogP contribution < -0.4 is 14.4 Å². The van der Waals surface area contributed by atoms with Gasteiger partial charge in [0, 0.05) is 23.1 Å². The number of nitrogens with one attached hydrogen (secondary N) is 1. The molecule has 0 bridgehead atoms. The standard InChI is InChI=1S/C31H37Cl2N3O5S/c1-5-7-18-34-31(38)23(4)35(20-24-14-15-25(32)19-27(24)33)30(37)21-36(28-10-8-9-11-29(28)41-6-2)42(39,40)26-16-12-22(3)13-17-26/h8-17,19,23H,5-7,18,20-21H2,1-4H3,(H,34,38). The van der Waals surface area contributed by atoms with E-state index in [2.05, 4.69) is 5.32 Å². The Labute approximate surface area is 258 Å². The van der Waals surface area contributed by atoms with Crippen LogP contribution >= 0.6 is 23.2 Å². The zero-order chi connectivity index (χ0) is 30.9. The first kappa shape index (κ1) is 33.2. The third kappa shape index (κ3) is 8.40. The molecule has 0 saturated carbocycles. The molecule has 0 aliphatic rings. The highest BCUT2D eigenvalue weighted by atomic mass is 35.5. The van der Waals surface area contributed by atoms with Crippen molar-refractivity contribution in [3.63, 3.8) is 0 Å². The highest BCUT2D eigenvalue weighted by Gasteiger charge is 2.34. The van der Waals surface area contributed by atoms with Crippen LogP contribution in [0.3, 0.4) is 0 Å². The number of halogens is 2. The van der Waals surface area contributed by atoms with Gasteiger partial charge in [-0.05, 0) is 69.2 Å². The van der Waals surface area contributed by atoms with Gasteiger partial charge in [-0.25, -0.2) is 8.42 Å². The molecule has 1 N–H and O–H groups in total. The molecule has 11 heteroatoms. The van der Waals surface area contributed by atoms with Gasteiger partial charge in [-0.15, -0.1) is 0 Å². The Hall–Kier alpha value is -3.27. The predicted octanol–water partition coefficient (Wildman–Crippen LogP) is 6.23. The Bertz CT molecular complexity index is 1480. The summed E-state index contributed by atoms with van der Waals surface area (Å²) in [5.41, 5.74) is 1.66. The molecule has 0 radical (unpaired) electrons. The van der Waals surface area contributed by atoms with E-state index < -0.39 is 28.5 Å². The first-order chi connectivity index (χ1) is 20.0. The maximum Gasteiger partial charge on any atom is 0.264 e. The third-order valence-electron chi connectivity index (χ3n) is 6.67. The molecule has 0 aromatic heterocycles. The van der Waals surface area contributed by atoms with Crippen LogP contribution in [0.5, 0.6) is 5.75 Å². The third-order valence-corrected chi connectivity index (χ3v) is 9.04. The van der Waals surface area contributed by atoms with Crippen molar-refractivity contribution in [3.05, 3.63) is 87.9 Å². The Morgan fingerprint density at radius 3 is 2.33 bits per heavy atom. The molecule has 0 fully saturated rings. The number of ether oxygens (including phenoxy) is 1. The van der Waals surface area contributed by atoms with Crippen LogP contribution in [0.1, 0.15) is 44.7 Å². The zero-order valence-electron chi connectivity index (χ0n) is 24.3. The molecule has 0 spiro atoms. The Balaban J connectivity index is 2.07. The van der Waals surface area contributed by atoms with Crippen LogP contribution in [0.15, 0.2) is 71.6 Å². The minimum atomic E-state index is -4.23. The Kier molecular flexibility index (Phi) is 12.1. The number of anilines is 1. The van der Waals surface area contributed by atoms with Gasteiger partial charge in [0.2, 0.25) is 11.8 Å². The van der Waals surface area contributed by atoms with Crippen LogP contribution in [-0.4, -0.2) is 50.9 Å². The fraction of sp³-hybridized carbons (Fsp3) is 0.355.